The summed E-state index contributed by atoms with van der Waals surface area (Å²) in [5.41, 5.74) is 6.07. The van der Waals surface area contributed by atoms with Gasteiger partial charge in [-0.05, 0) is 64.5 Å². The van der Waals surface area contributed by atoms with E-state index in [-0.39, 0.29) is 6.09 Å². The smallest absolute Gasteiger partial charge is 0.410 e. The highest BCUT2D eigenvalue weighted by Gasteiger charge is 2.31. The lowest BCUT2D eigenvalue weighted by Crippen LogP contribution is -2.41. The van der Waals surface area contributed by atoms with Crippen molar-refractivity contribution in [3.05, 3.63) is 47.5 Å². The predicted molar refractivity (Wildman–Crippen MR) is 123 cm³/mol. The van der Waals surface area contributed by atoms with Crippen molar-refractivity contribution in [3.63, 3.8) is 0 Å². The molecule has 0 atom stereocenters. The Labute approximate surface area is 188 Å². The highest BCUT2D eigenvalue weighted by atomic mass is 16.6. The Hall–Kier alpha value is -3.09. The van der Waals surface area contributed by atoms with Crippen LogP contribution in [0.5, 0.6) is 0 Å². The molecule has 0 aliphatic carbocycles. The molecule has 7 nitrogen and oxygen atoms in total. The Bertz CT molecular complexity index is 1160. The molecule has 4 heterocycles. The first-order chi connectivity index (χ1) is 15.3. The first kappa shape index (κ1) is 20.8. The van der Waals surface area contributed by atoms with Gasteiger partial charge in [0.1, 0.15) is 17.4 Å². The Kier molecular flexibility index (Phi) is 5.07. The molecule has 0 radical (unpaired) electrons. The molecular weight excluding hydrogens is 404 g/mol. The third-order valence-corrected chi connectivity index (χ3v) is 6.33. The van der Waals surface area contributed by atoms with Gasteiger partial charge in [-0.15, -0.1) is 0 Å². The molecule has 2 aliphatic heterocycles. The maximum absolute atomic E-state index is 12.4. The number of piperidine rings is 1. The van der Waals surface area contributed by atoms with Crippen LogP contribution in [0, 0.1) is 6.92 Å². The number of hydrogen-bond donors (Lipinski definition) is 0. The average Bonchev–Trinajstić information content (AvgIpc) is 3.36. The van der Waals surface area contributed by atoms with Crippen LogP contribution < -0.4 is 4.90 Å². The van der Waals surface area contributed by atoms with Gasteiger partial charge < -0.3 is 19.0 Å². The van der Waals surface area contributed by atoms with Crippen molar-refractivity contribution in [1.29, 1.82) is 0 Å². The molecule has 2 aliphatic rings. The van der Waals surface area contributed by atoms with Crippen molar-refractivity contribution in [3.8, 4) is 0 Å². The van der Waals surface area contributed by atoms with Crippen LogP contribution in [0.3, 0.4) is 0 Å². The van der Waals surface area contributed by atoms with Gasteiger partial charge in [0.05, 0.1) is 6.26 Å². The summed E-state index contributed by atoms with van der Waals surface area (Å²) in [6, 6.07) is 6.56. The molecule has 5 rings (SSSR count). The monoisotopic (exact) mass is 434 g/mol. The van der Waals surface area contributed by atoms with E-state index in [1.165, 1.54) is 16.8 Å². The molecule has 1 aromatic carbocycles. The number of aryl methyl sites for hydroxylation is 1. The van der Waals surface area contributed by atoms with Crippen LogP contribution in [0.25, 0.3) is 11.1 Å². The van der Waals surface area contributed by atoms with Crippen LogP contribution in [0.15, 0.2) is 35.2 Å². The average molecular weight is 435 g/mol. The van der Waals surface area contributed by atoms with Crippen molar-refractivity contribution in [2.24, 2.45) is 0 Å². The Balaban J connectivity index is 1.37. The summed E-state index contributed by atoms with van der Waals surface area (Å²) in [7, 11) is 0. The maximum atomic E-state index is 12.4. The van der Waals surface area contributed by atoms with Crippen molar-refractivity contribution in [2.75, 3.05) is 24.5 Å². The number of benzene rings is 1. The van der Waals surface area contributed by atoms with Crippen molar-refractivity contribution < 1.29 is 13.9 Å². The molecule has 7 heteroatoms. The van der Waals surface area contributed by atoms with E-state index in [9.17, 15) is 4.79 Å². The van der Waals surface area contributed by atoms with Gasteiger partial charge in [-0.25, -0.2) is 14.8 Å². The maximum Gasteiger partial charge on any atom is 0.410 e. The quantitative estimate of drug-likeness (QED) is 0.542. The summed E-state index contributed by atoms with van der Waals surface area (Å²) < 4.78 is 11.6. The molecule has 1 amide bonds. The number of ether oxygens (including phenoxy) is 1. The molecule has 0 saturated carbocycles. The van der Waals surface area contributed by atoms with Crippen molar-refractivity contribution in [1.82, 2.24) is 14.9 Å². The summed E-state index contributed by atoms with van der Waals surface area (Å²) in [6.07, 6.45) is 5.96. The van der Waals surface area contributed by atoms with Gasteiger partial charge >= 0.3 is 6.09 Å². The zero-order chi connectivity index (χ0) is 22.5. The molecule has 3 aromatic rings. The number of amides is 1. The number of fused-ring (bicyclic) bond motifs is 2. The third-order valence-electron chi connectivity index (χ3n) is 6.33. The highest BCUT2D eigenvalue weighted by Crippen LogP contribution is 2.40. The Morgan fingerprint density at radius 2 is 1.94 bits per heavy atom. The van der Waals surface area contributed by atoms with E-state index in [1.54, 1.807) is 11.2 Å². The second kappa shape index (κ2) is 7.80. The number of hydrogen-bond acceptors (Lipinski definition) is 6. The molecular formula is C25H30N4O3. The molecule has 0 spiro atoms. The lowest BCUT2D eigenvalue weighted by Gasteiger charge is -2.33. The first-order valence-electron chi connectivity index (χ1n) is 11.4. The lowest BCUT2D eigenvalue weighted by atomic mass is 9.90. The van der Waals surface area contributed by atoms with Gasteiger partial charge in [0.15, 0.2) is 11.4 Å². The number of carbonyl (C=O) groups is 1. The SMILES string of the molecule is Cc1ccc2c(c1)CCN2c1ncnc2c(C3CCN(C(=O)OC(C)(C)C)CC3)coc12. The minimum Gasteiger partial charge on any atom is -0.458 e. The van der Waals surface area contributed by atoms with Crippen molar-refractivity contribution in [2.45, 2.75) is 58.5 Å². The van der Waals surface area contributed by atoms with Gasteiger partial charge in [-0.1, -0.05) is 17.7 Å². The normalized spacial score (nSPS) is 17.1. The second-order valence-corrected chi connectivity index (χ2v) is 9.84. The van der Waals surface area contributed by atoms with E-state index in [2.05, 4.69) is 40.0 Å². The number of aromatic nitrogens is 2. The van der Waals surface area contributed by atoms with Gasteiger partial charge in [0.2, 0.25) is 0 Å². The summed E-state index contributed by atoms with van der Waals surface area (Å²) in [4.78, 5) is 25.6. The molecule has 168 valence electrons. The van der Waals surface area contributed by atoms with Crippen molar-refractivity contribution >= 4 is 28.7 Å². The number of anilines is 2. The van der Waals surface area contributed by atoms with E-state index >= 15 is 0 Å². The number of rotatable bonds is 2. The van der Waals surface area contributed by atoms with E-state index in [4.69, 9.17) is 9.15 Å². The molecule has 1 saturated heterocycles. The van der Waals surface area contributed by atoms with Gasteiger partial charge in [-0.3, -0.25) is 0 Å². The fraction of sp³-hybridized carbons (Fsp3) is 0.480. The minimum atomic E-state index is -0.477. The van der Waals surface area contributed by atoms with E-state index in [0.29, 0.717) is 19.0 Å². The fourth-order valence-electron chi connectivity index (χ4n) is 4.79. The van der Waals surface area contributed by atoms with Crippen LogP contribution in [-0.2, 0) is 11.2 Å². The molecule has 0 unspecified atom stereocenters. The van der Waals surface area contributed by atoms with Gasteiger partial charge in [0.25, 0.3) is 0 Å². The van der Waals surface area contributed by atoms with Crippen LogP contribution in [-0.4, -0.2) is 46.2 Å². The molecule has 0 bridgehead atoms. The van der Waals surface area contributed by atoms with Crippen LogP contribution in [0.4, 0.5) is 16.3 Å². The third kappa shape index (κ3) is 3.80. The van der Waals surface area contributed by atoms with Crippen LogP contribution in [0.2, 0.25) is 0 Å². The largest absolute Gasteiger partial charge is 0.458 e. The number of likely N-dealkylation sites (tertiary alicyclic amines) is 1. The number of carbonyl (C=O) groups excluding carboxylic acids is 1. The van der Waals surface area contributed by atoms with Gasteiger partial charge in [-0.2, -0.15) is 0 Å². The summed E-state index contributed by atoms with van der Waals surface area (Å²) >= 11 is 0. The zero-order valence-electron chi connectivity index (χ0n) is 19.2. The summed E-state index contributed by atoms with van der Waals surface area (Å²) in [5.74, 6) is 1.13. The van der Waals surface area contributed by atoms with E-state index < -0.39 is 5.60 Å². The van der Waals surface area contributed by atoms with Crippen LogP contribution >= 0.6 is 0 Å². The zero-order valence-corrected chi connectivity index (χ0v) is 19.2. The standard InChI is InChI=1S/C25H30N4O3/c1-16-5-6-20-18(13-16)9-12-29(20)23-22-21(26-15-27-23)19(14-31-22)17-7-10-28(11-8-17)24(30)32-25(2,3)4/h5-6,13-15,17H,7-12H2,1-4H3. The summed E-state index contributed by atoms with van der Waals surface area (Å²) in [5, 5.41) is 0. The molecule has 1 fully saturated rings. The highest BCUT2D eigenvalue weighted by molar-refractivity contribution is 5.90. The molecule has 32 heavy (non-hydrogen) atoms. The topological polar surface area (TPSA) is 71.7 Å². The number of furan rings is 1. The molecule has 0 N–H and O–H groups in total. The fourth-order valence-corrected chi connectivity index (χ4v) is 4.79. The minimum absolute atomic E-state index is 0.236. The first-order valence-corrected chi connectivity index (χ1v) is 11.4. The second-order valence-electron chi connectivity index (χ2n) is 9.84. The Morgan fingerprint density at radius 3 is 2.69 bits per heavy atom. The number of nitrogens with zero attached hydrogens (tertiary/aromatic N) is 4. The predicted octanol–water partition coefficient (Wildman–Crippen LogP) is 5.34. The Morgan fingerprint density at radius 1 is 1.16 bits per heavy atom. The summed E-state index contributed by atoms with van der Waals surface area (Å²) in [6.45, 7) is 10.0. The van der Waals surface area contributed by atoms with Gasteiger partial charge in [0, 0.05) is 30.9 Å². The molecule has 2 aromatic heterocycles. The lowest BCUT2D eigenvalue weighted by molar-refractivity contribution is 0.0205. The van der Waals surface area contributed by atoms with Crippen LogP contribution in [0.1, 0.15) is 56.2 Å². The van der Waals surface area contributed by atoms with E-state index in [0.717, 1.165) is 48.3 Å². The van der Waals surface area contributed by atoms with E-state index in [1.807, 2.05) is 27.0 Å².